The van der Waals surface area contributed by atoms with Crippen molar-refractivity contribution >= 4 is 27.3 Å². The predicted octanol–water partition coefficient (Wildman–Crippen LogP) is 3.03. The Kier molecular flexibility index (Phi) is 2.86. The Morgan fingerprint density at radius 3 is 2.40 bits per heavy atom. The van der Waals surface area contributed by atoms with E-state index >= 15 is 0 Å². The minimum atomic E-state index is 1.02. The highest BCUT2D eigenvalue weighted by Gasteiger charge is 2.03. The van der Waals surface area contributed by atoms with E-state index in [0.717, 1.165) is 12.8 Å². The number of aromatic nitrogens is 1. The smallest absolute Gasteiger partial charge is 0.0937 e. The van der Waals surface area contributed by atoms with Crippen LogP contribution in [0.2, 0.25) is 0 Å². The van der Waals surface area contributed by atoms with Gasteiger partial charge in [0.05, 0.1) is 14.5 Å². The van der Waals surface area contributed by atoms with Crippen LogP contribution in [0.15, 0.2) is 3.79 Å². The van der Waals surface area contributed by atoms with E-state index < -0.39 is 0 Å². The molecule has 0 aliphatic carbocycles. The lowest BCUT2D eigenvalue weighted by molar-refractivity contribution is 0.998. The minimum absolute atomic E-state index is 1.02. The summed E-state index contributed by atoms with van der Waals surface area (Å²) in [5.74, 6) is 0. The summed E-state index contributed by atoms with van der Waals surface area (Å²) in [6, 6.07) is 0. The summed E-state index contributed by atoms with van der Waals surface area (Å²) in [5, 5.41) is 1.23. The predicted molar refractivity (Wildman–Crippen MR) is 48.6 cm³/mol. The van der Waals surface area contributed by atoms with Crippen molar-refractivity contribution in [2.45, 2.75) is 26.7 Å². The lowest BCUT2D eigenvalue weighted by atomic mass is 10.4. The molecular formula is C7H10BrNS. The van der Waals surface area contributed by atoms with Crippen molar-refractivity contribution in [3.8, 4) is 0 Å². The Hall–Kier alpha value is 0.110. The molecule has 0 bridgehead atoms. The Morgan fingerprint density at radius 1 is 1.40 bits per heavy atom. The van der Waals surface area contributed by atoms with Gasteiger partial charge < -0.3 is 0 Å². The molecule has 0 fully saturated rings. The van der Waals surface area contributed by atoms with Gasteiger partial charge in [0, 0.05) is 0 Å². The molecular weight excluding hydrogens is 210 g/mol. The number of aryl methyl sites for hydroxylation is 2. The van der Waals surface area contributed by atoms with Crippen LogP contribution >= 0.6 is 27.3 Å². The van der Waals surface area contributed by atoms with E-state index in [1.807, 2.05) is 0 Å². The van der Waals surface area contributed by atoms with Gasteiger partial charge in [0.2, 0.25) is 0 Å². The first-order valence-electron chi connectivity index (χ1n) is 3.42. The van der Waals surface area contributed by atoms with Gasteiger partial charge in [-0.2, -0.15) is 0 Å². The van der Waals surface area contributed by atoms with Crippen LogP contribution in [-0.2, 0) is 12.8 Å². The summed E-state index contributed by atoms with van der Waals surface area (Å²) < 4.78 is 1.20. The number of hydrogen-bond donors (Lipinski definition) is 0. The molecule has 1 nitrogen and oxygen atoms in total. The van der Waals surface area contributed by atoms with E-state index in [1.54, 1.807) is 11.3 Å². The Morgan fingerprint density at radius 2 is 2.10 bits per heavy atom. The maximum atomic E-state index is 4.42. The second-order valence-corrected chi connectivity index (χ2v) is 4.44. The van der Waals surface area contributed by atoms with Crippen LogP contribution in [0.25, 0.3) is 0 Å². The third kappa shape index (κ3) is 1.58. The zero-order valence-electron chi connectivity index (χ0n) is 6.15. The van der Waals surface area contributed by atoms with Crippen LogP contribution in [0.4, 0.5) is 0 Å². The van der Waals surface area contributed by atoms with E-state index in [4.69, 9.17) is 0 Å². The Balaban J connectivity index is 2.92. The first kappa shape index (κ1) is 8.21. The maximum absolute atomic E-state index is 4.42. The zero-order valence-corrected chi connectivity index (χ0v) is 8.55. The second-order valence-electron chi connectivity index (χ2n) is 2.04. The van der Waals surface area contributed by atoms with Crippen molar-refractivity contribution in [1.29, 1.82) is 0 Å². The van der Waals surface area contributed by atoms with Gasteiger partial charge in [-0.05, 0) is 28.8 Å². The van der Waals surface area contributed by atoms with Crippen molar-refractivity contribution in [2.75, 3.05) is 0 Å². The van der Waals surface area contributed by atoms with Crippen molar-refractivity contribution in [1.82, 2.24) is 4.98 Å². The summed E-state index contributed by atoms with van der Waals surface area (Å²) in [6.07, 6.45) is 2.07. The fraction of sp³-hybridized carbons (Fsp3) is 0.571. The van der Waals surface area contributed by atoms with Crippen LogP contribution in [0.1, 0.15) is 24.5 Å². The minimum Gasteiger partial charge on any atom is -0.245 e. The molecule has 0 unspecified atom stereocenters. The average Bonchev–Trinajstić information content (AvgIpc) is 2.30. The maximum Gasteiger partial charge on any atom is 0.0937 e. The normalized spacial score (nSPS) is 10.3. The number of nitrogens with zero attached hydrogens (tertiary/aromatic N) is 1. The number of halogens is 1. The Bertz CT molecular complexity index is 219. The number of rotatable bonds is 2. The molecule has 0 amide bonds. The summed E-state index contributed by atoms with van der Waals surface area (Å²) >= 11 is 5.22. The highest BCUT2D eigenvalue weighted by Crippen LogP contribution is 2.25. The molecule has 10 heavy (non-hydrogen) atoms. The van der Waals surface area contributed by atoms with Crippen LogP contribution in [0, 0.1) is 0 Å². The van der Waals surface area contributed by atoms with Gasteiger partial charge in [0.15, 0.2) is 0 Å². The van der Waals surface area contributed by atoms with Gasteiger partial charge in [0.1, 0.15) is 0 Å². The molecule has 56 valence electrons. The van der Waals surface area contributed by atoms with E-state index in [9.17, 15) is 0 Å². The van der Waals surface area contributed by atoms with Gasteiger partial charge in [-0.3, -0.25) is 0 Å². The average molecular weight is 220 g/mol. The van der Waals surface area contributed by atoms with E-state index in [-0.39, 0.29) is 0 Å². The molecule has 0 spiro atoms. The van der Waals surface area contributed by atoms with E-state index in [2.05, 4.69) is 34.8 Å². The standard InChI is InChI=1S/C7H10BrNS/c1-3-5-7(8)10-6(4-2)9-5/h3-4H2,1-2H3. The molecule has 1 aromatic heterocycles. The second kappa shape index (κ2) is 3.49. The van der Waals surface area contributed by atoms with Crippen molar-refractivity contribution in [3.63, 3.8) is 0 Å². The lowest BCUT2D eigenvalue weighted by Crippen LogP contribution is -1.81. The van der Waals surface area contributed by atoms with Gasteiger partial charge >= 0.3 is 0 Å². The quantitative estimate of drug-likeness (QED) is 0.746. The van der Waals surface area contributed by atoms with Crippen LogP contribution < -0.4 is 0 Å². The largest absolute Gasteiger partial charge is 0.245 e. The molecule has 0 aliphatic heterocycles. The molecule has 1 heterocycles. The molecule has 3 heteroatoms. The molecule has 0 aromatic carbocycles. The van der Waals surface area contributed by atoms with Gasteiger partial charge in [-0.15, -0.1) is 11.3 Å². The fourth-order valence-electron chi connectivity index (χ4n) is 0.749. The molecule has 1 aromatic rings. The molecule has 0 atom stereocenters. The summed E-state index contributed by atoms with van der Waals surface area (Å²) in [6.45, 7) is 4.25. The van der Waals surface area contributed by atoms with Gasteiger partial charge in [-0.25, -0.2) is 4.98 Å². The van der Waals surface area contributed by atoms with E-state index in [0.29, 0.717) is 0 Å². The Labute approximate surface area is 73.6 Å². The van der Waals surface area contributed by atoms with Crippen molar-refractivity contribution in [2.24, 2.45) is 0 Å². The highest BCUT2D eigenvalue weighted by atomic mass is 79.9. The third-order valence-electron chi connectivity index (χ3n) is 1.33. The zero-order chi connectivity index (χ0) is 7.56. The first-order valence-corrected chi connectivity index (χ1v) is 5.03. The van der Waals surface area contributed by atoms with Gasteiger partial charge in [0.25, 0.3) is 0 Å². The molecule has 0 aliphatic rings. The summed E-state index contributed by atoms with van der Waals surface area (Å²) in [4.78, 5) is 4.42. The number of hydrogen-bond acceptors (Lipinski definition) is 2. The third-order valence-corrected chi connectivity index (χ3v) is 3.31. The molecule has 0 radical (unpaired) electrons. The summed E-state index contributed by atoms with van der Waals surface area (Å²) in [7, 11) is 0. The fourth-order valence-corrected chi connectivity index (χ4v) is 2.49. The first-order chi connectivity index (χ1) is 4.77. The lowest BCUT2D eigenvalue weighted by Gasteiger charge is -1.85. The van der Waals surface area contributed by atoms with Crippen LogP contribution in [-0.4, -0.2) is 4.98 Å². The highest BCUT2D eigenvalue weighted by molar-refractivity contribution is 9.11. The summed E-state index contributed by atoms with van der Waals surface area (Å²) in [5.41, 5.74) is 1.20. The van der Waals surface area contributed by atoms with Crippen molar-refractivity contribution < 1.29 is 0 Å². The van der Waals surface area contributed by atoms with E-state index in [1.165, 1.54) is 14.5 Å². The number of thiazole rings is 1. The molecule has 0 saturated carbocycles. The molecule has 0 N–H and O–H groups in total. The monoisotopic (exact) mass is 219 g/mol. The SMILES string of the molecule is CCc1nc(CC)c(Br)s1. The molecule has 0 saturated heterocycles. The van der Waals surface area contributed by atoms with Crippen LogP contribution in [0.5, 0.6) is 0 Å². The molecule has 1 rings (SSSR count). The van der Waals surface area contributed by atoms with Crippen LogP contribution in [0.3, 0.4) is 0 Å². The van der Waals surface area contributed by atoms with Crippen molar-refractivity contribution in [3.05, 3.63) is 14.5 Å². The van der Waals surface area contributed by atoms with Gasteiger partial charge in [-0.1, -0.05) is 13.8 Å². The topological polar surface area (TPSA) is 12.9 Å².